The average molecular weight is 328 g/mol. The lowest BCUT2D eigenvalue weighted by Crippen LogP contribution is -2.48. The van der Waals surface area contributed by atoms with Crippen LogP contribution in [-0.4, -0.2) is 42.1 Å². The Morgan fingerprint density at radius 2 is 1.75 bits per heavy atom. The Balaban J connectivity index is 1.66. The SMILES string of the molecule is Cc1oc(C(C)C)cc1C(=O)N1CCN(c2ccc(O)cc2)CC1. The quantitative estimate of drug-likeness (QED) is 0.938. The zero-order valence-electron chi connectivity index (χ0n) is 14.5. The predicted octanol–water partition coefficient (Wildman–Crippen LogP) is 3.38. The van der Waals surface area contributed by atoms with Gasteiger partial charge in [-0.15, -0.1) is 0 Å². The first-order chi connectivity index (χ1) is 11.5. The van der Waals surface area contributed by atoms with Gasteiger partial charge in [-0.1, -0.05) is 13.8 Å². The maximum Gasteiger partial charge on any atom is 0.257 e. The molecule has 24 heavy (non-hydrogen) atoms. The average Bonchev–Trinajstić information content (AvgIpc) is 2.97. The lowest BCUT2D eigenvalue weighted by molar-refractivity contribution is 0.0745. The third-order valence-electron chi connectivity index (χ3n) is 4.52. The summed E-state index contributed by atoms with van der Waals surface area (Å²) < 4.78 is 5.71. The number of carbonyl (C=O) groups is 1. The molecule has 1 aromatic heterocycles. The van der Waals surface area contributed by atoms with Crippen LogP contribution in [0.2, 0.25) is 0 Å². The van der Waals surface area contributed by atoms with Gasteiger partial charge in [0.2, 0.25) is 0 Å². The summed E-state index contributed by atoms with van der Waals surface area (Å²) in [7, 11) is 0. The van der Waals surface area contributed by atoms with E-state index in [1.54, 1.807) is 12.1 Å². The Morgan fingerprint density at radius 1 is 1.12 bits per heavy atom. The van der Waals surface area contributed by atoms with Crippen LogP contribution < -0.4 is 4.90 Å². The van der Waals surface area contributed by atoms with Gasteiger partial charge in [0, 0.05) is 37.8 Å². The minimum absolute atomic E-state index is 0.0495. The van der Waals surface area contributed by atoms with Gasteiger partial charge in [-0.2, -0.15) is 0 Å². The smallest absolute Gasteiger partial charge is 0.257 e. The molecule has 3 rings (SSSR count). The van der Waals surface area contributed by atoms with Crippen LogP contribution in [0.5, 0.6) is 5.75 Å². The van der Waals surface area contributed by atoms with Crippen molar-refractivity contribution in [3.8, 4) is 5.75 Å². The van der Waals surface area contributed by atoms with Gasteiger partial charge in [-0.3, -0.25) is 4.79 Å². The number of nitrogens with zero attached hydrogens (tertiary/aromatic N) is 2. The third-order valence-corrected chi connectivity index (χ3v) is 4.52. The summed E-state index contributed by atoms with van der Waals surface area (Å²) in [6.45, 7) is 8.90. The van der Waals surface area contributed by atoms with Crippen LogP contribution in [-0.2, 0) is 0 Å². The van der Waals surface area contributed by atoms with Crippen molar-refractivity contribution in [2.45, 2.75) is 26.7 Å². The van der Waals surface area contributed by atoms with Crippen LogP contribution >= 0.6 is 0 Å². The fourth-order valence-corrected chi connectivity index (χ4v) is 3.00. The number of anilines is 1. The van der Waals surface area contributed by atoms with Crippen molar-refractivity contribution in [1.29, 1.82) is 0 Å². The molecule has 1 aliphatic rings. The predicted molar refractivity (Wildman–Crippen MR) is 93.8 cm³/mol. The Labute approximate surface area is 142 Å². The van der Waals surface area contributed by atoms with Crippen molar-refractivity contribution in [3.05, 3.63) is 47.4 Å². The number of aromatic hydroxyl groups is 1. The van der Waals surface area contributed by atoms with E-state index in [0.29, 0.717) is 24.4 Å². The molecule has 1 saturated heterocycles. The van der Waals surface area contributed by atoms with Crippen LogP contribution in [0, 0.1) is 6.92 Å². The number of phenolic OH excluding ortho intramolecular Hbond substituents is 1. The van der Waals surface area contributed by atoms with E-state index in [1.807, 2.05) is 30.0 Å². The maximum absolute atomic E-state index is 12.8. The number of aryl methyl sites for hydroxylation is 1. The first kappa shape index (κ1) is 16.4. The largest absolute Gasteiger partial charge is 0.508 e. The van der Waals surface area contributed by atoms with E-state index < -0.39 is 0 Å². The minimum Gasteiger partial charge on any atom is -0.508 e. The number of hydrogen-bond donors (Lipinski definition) is 1. The molecule has 5 heteroatoms. The zero-order valence-corrected chi connectivity index (χ0v) is 14.5. The Bertz CT molecular complexity index is 711. The van der Waals surface area contributed by atoms with Gasteiger partial charge in [0.25, 0.3) is 5.91 Å². The van der Waals surface area contributed by atoms with Crippen molar-refractivity contribution >= 4 is 11.6 Å². The van der Waals surface area contributed by atoms with Gasteiger partial charge in [-0.05, 0) is 37.3 Å². The molecule has 1 fully saturated rings. The number of hydrogen-bond acceptors (Lipinski definition) is 4. The molecular weight excluding hydrogens is 304 g/mol. The number of furan rings is 1. The van der Waals surface area contributed by atoms with E-state index >= 15 is 0 Å². The van der Waals surface area contributed by atoms with E-state index in [4.69, 9.17) is 4.42 Å². The summed E-state index contributed by atoms with van der Waals surface area (Å²) >= 11 is 0. The fraction of sp³-hybridized carbons (Fsp3) is 0.421. The Kier molecular flexibility index (Phi) is 4.51. The van der Waals surface area contributed by atoms with E-state index in [9.17, 15) is 9.90 Å². The van der Waals surface area contributed by atoms with Gasteiger partial charge in [0.15, 0.2) is 0 Å². The van der Waals surface area contributed by atoms with E-state index in [0.717, 1.165) is 24.5 Å². The van der Waals surface area contributed by atoms with Crippen molar-refractivity contribution in [3.63, 3.8) is 0 Å². The summed E-state index contributed by atoms with van der Waals surface area (Å²) in [6, 6.07) is 9.07. The van der Waals surface area contributed by atoms with Crippen molar-refractivity contribution in [2.75, 3.05) is 31.1 Å². The summed E-state index contributed by atoms with van der Waals surface area (Å²) in [5.41, 5.74) is 1.75. The van der Waals surface area contributed by atoms with E-state index in [1.165, 1.54) is 0 Å². The first-order valence-corrected chi connectivity index (χ1v) is 8.39. The Hall–Kier alpha value is -2.43. The van der Waals surface area contributed by atoms with Crippen LogP contribution in [0.15, 0.2) is 34.7 Å². The molecular formula is C19H24N2O3. The molecule has 5 nitrogen and oxygen atoms in total. The topological polar surface area (TPSA) is 56.9 Å². The molecule has 1 N–H and O–H groups in total. The summed E-state index contributed by atoms with van der Waals surface area (Å²) in [6.07, 6.45) is 0. The molecule has 1 amide bonds. The van der Waals surface area contributed by atoms with Crippen molar-refractivity contribution < 1.29 is 14.3 Å². The van der Waals surface area contributed by atoms with Gasteiger partial charge < -0.3 is 19.3 Å². The molecule has 0 radical (unpaired) electrons. The van der Waals surface area contributed by atoms with Gasteiger partial charge in [0.1, 0.15) is 17.3 Å². The highest BCUT2D eigenvalue weighted by atomic mass is 16.3. The number of rotatable bonds is 3. The molecule has 0 saturated carbocycles. The second kappa shape index (κ2) is 6.59. The highest BCUT2D eigenvalue weighted by Crippen LogP contribution is 2.24. The summed E-state index contributed by atoms with van der Waals surface area (Å²) in [5, 5.41) is 9.38. The lowest BCUT2D eigenvalue weighted by atomic mass is 10.1. The molecule has 0 aliphatic carbocycles. The molecule has 1 aliphatic heterocycles. The summed E-state index contributed by atoms with van der Waals surface area (Å²) in [5.74, 6) is 2.15. The van der Waals surface area contributed by atoms with Gasteiger partial charge in [-0.25, -0.2) is 0 Å². The molecule has 128 valence electrons. The highest BCUT2D eigenvalue weighted by molar-refractivity contribution is 5.95. The molecule has 0 atom stereocenters. The monoisotopic (exact) mass is 328 g/mol. The van der Waals surface area contributed by atoms with E-state index in [2.05, 4.69) is 18.7 Å². The summed E-state index contributed by atoms with van der Waals surface area (Å²) in [4.78, 5) is 16.9. The fourth-order valence-electron chi connectivity index (χ4n) is 3.00. The number of carbonyl (C=O) groups excluding carboxylic acids is 1. The number of phenols is 1. The second-order valence-electron chi connectivity index (χ2n) is 6.57. The number of piperazine rings is 1. The second-order valence-corrected chi connectivity index (χ2v) is 6.57. The lowest BCUT2D eigenvalue weighted by Gasteiger charge is -2.36. The van der Waals surface area contributed by atoms with Gasteiger partial charge in [0.05, 0.1) is 5.56 Å². The number of benzene rings is 1. The first-order valence-electron chi connectivity index (χ1n) is 8.39. The Morgan fingerprint density at radius 3 is 2.29 bits per heavy atom. The number of amides is 1. The molecule has 0 unspecified atom stereocenters. The van der Waals surface area contributed by atoms with Crippen LogP contribution in [0.1, 0.15) is 41.6 Å². The molecule has 1 aromatic carbocycles. The van der Waals surface area contributed by atoms with Crippen LogP contribution in [0.25, 0.3) is 0 Å². The third kappa shape index (κ3) is 3.25. The van der Waals surface area contributed by atoms with E-state index in [-0.39, 0.29) is 17.6 Å². The minimum atomic E-state index is 0.0495. The van der Waals surface area contributed by atoms with Crippen molar-refractivity contribution in [2.24, 2.45) is 0 Å². The normalized spacial score (nSPS) is 15.2. The van der Waals surface area contributed by atoms with Crippen LogP contribution in [0.3, 0.4) is 0 Å². The molecule has 2 heterocycles. The highest BCUT2D eigenvalue weighted by Gasteiger charge is 2.25. The molecule has 0 spiro atoms. The molecule has 0 bridgehead atoms. The molecule has 2 aromatic rings. The zero-order chi connectivity index (χ0) is 17.3. The maximum atomic E-state index is 12.8. The van der Waals surface area contributed by atoms with Crippen LogP contribution in [0.4, 0.5) is 5.69 Å². The van der Waals surface area contributed by atoms with Crippen molar-refractivity contribution in [1.82, 2.24) is 4.90 Å². The standard InChI is InChI=1S/C19H24N2O3/c1-13(2)18-12-17(14(3)24-18)19(23)21-10-8-20(9-11-21)15-4-6-16(22)7-5-15/h4-7,12-13,22H,8-11H2,1-3H3. The van der Waals surface area contributed by atoms with Gasteiger partial charge >= 0.3 is 0 Å².